The Kier molecular flexibility index (Phi) is 5.76. The van der Waals surface area contributed by atoms with Gasteiger partial charge in [0.2, 0.25) is 11.8 Å². The monoisotopic (exact) mass is 498 g/mol. The fourth-order valence-corrected chi connectivity index (χ4v) is 3.94. The molecule has 6 rings (SSSR count). The van der Waals surface area contributed by atoms with Crippen LogP contribution in [0.5, 0.6) is 17.2 Å². The number of hydrogen-bond acceptors (Lipinski definition) is 9. The topological polar surface area (TPSA) is 121 Å². The van der Waals surface area contributed by atoms with E-state index in [0.29, 0.717) is 64.0 Å². The van der Waals surface area contributed by atoms with Crippen LogP contribution in [0.4, 0.5) is 21.6 Å². The highest BCUT2D eigenvalue weighted by Gasteiger charge is 2.29. The molecule has 5 aromatic rings. The number of anilines is 3. The zero-order valence-corrected chi connectivity index (χ0v) is 19.9. The lowest BCUT2D eigenvalue weighted by molar-refractivity contribution is 0.342. The number of halogens is 1. The van der Waals surface area contributed by atoms with E-state index in [4.69, 9.17) is 19.6 Å². The van der Waals surface area contributed by atoms with E-state index in [1.165, 1.54) is 12.4 Å². The summed E-state index contributed by atoms with van der Waals surface area (Å²) in [6, 6.07) is 15.2. The second-order valence-corrected chi connectivity index (χ2v) is 8.68. The summed E-state index contributed by atoms with van der Waals surface area (Å²) in [5, 5.41) is 11.9. The Hall–Kier alpha value is -4.73. The van der Waals surface area contributed by atoms with E-state index in [2.05, 4.69) is 25.5 Å². The van der Waals surface area contributed by atoms with E-state index >= 15 is 4.39 Å². The average molecular weight is 499 g/mol. The van der Waals surface area contributed by atoms with Crippen LogP contribution >= 0.6 is 0 Å². The van der Waals surface area contributed by atoms with Gasteiger partial charge in [-0.25, -0.2) is 14.4 Å². The van der Waals surface area contributed by atoms with Crippen LogP contribution in [0.1, 0.15) is 31.6 Å². The van der Waals surface area contributed by atoms with Crippen molar-refractivity contribution >= 4 is 28.1 Å². The maximum Gasteiger partial charge on any atom is 0.247 e. The molecule has 1 saturated carbocycles. The molecular formula is C27H23FN6O3. The second-order valence-electron chi connectivity index (χ2n) is 8.68. The first-order valence-electron chi connectivity index (χ1n) is 11.9. The zero-order valence-electron chi connectivity index (χ0n) is 19.9. The summed E-state index contributed by atoms with van der Waals surface area (Å²) in [5.41, 5.74) is 8.15. The summed E-state index contributed by atoms with van der Waals surface area (Å²) in [4.78, 5) is 8.55. The first-order valence-corrected chi connectivity index (χ1v) is 11.9. The summed E-state index contributed by atoms with van der Waals surface area (Å²) < 4.78 is 32.3. The van der Waals surface area contributed by atoms with Crippen LogP contribution in [0.15, 0.2) is 65.3 Å². The van der Waals surface area contributed by atoms with E-state index in [1.54, 1.807) is 36.4 Å². The standard InChI is InChI=1S/C27H23FN6O3/c1-2-35-24-13-23-19(12-21(24)29)25(31-14-30-23)32-22-9-8-18(11-20(22)28)36-17-5-3-4-16(10-17)27-34-33-26(37-27)15-6-7-15/h3-5,8-15H,2,6-7,29H2,1H3,(H,30,31,32). The Bertz CT molecular complexity index is 1600. The van der Waals surface area contributed by atoms with Crippen LogP contribution in [0, 0.1) is 5.82 Å². The lowest BCUT2D eigenvalue weighted by Crippen LogP contribution is -2.01. The number of aromatic nitrogens is 4. The Labute approximate surface area is 211 Å². The largest absolute Gasteiger partial charge is 0.492 e. The number of nitrogens with one attached hydrogen (secondary N) is 1. The number of fused-ring (bicyclic) bond motifs is 1. The molecule has 0 bridgehead atoms. The summed E-state index contributed by atoms with van der Waals surface area (Å²) >= 11 is 0. The molecule has 0 radical (unpaired) electrons. The minimum absolute atomic E-state index is 0.229. The number of nitrogen functional groups attached to an aromatic ring is 1. The van der Waals surface area contributed by atoms with Gasteiger partial charge in [-0.2, -0.15) is 0 Å². The van der Waals surface area contributed by atoms with Gasteiger partial charge in [0.1, 0.15) is 35.2 Å². The van der Waals surface area contributed by atoms with E-state index < -0.39 is 5.82 Å². The smallest absolute Gasteiger partial charge is 0.247 e. The van der Waals surface area contributed by atoms with Gasteiger partial charge < -0.3 is 24.9 Å². The average Bonchev–Trinajstić information content (AvgIpc) is 3.63. The first kappa shape index (κ1) is 22.7. The Balaban J connectivity index is 1.21. The third kappa shape index (κ3) is 4.73. The number of benzene rings is 3. The fourth-order valence-electron chi connectivity index (χ4n) is 3.94. The maximum atomic E-state index is 15.0. The van der Waals surface area contributed by atoms with Gasteiger partial charge in [0.25, 0.3) is 0 Å². The van der Waals surface area contributed by atoms with Crippen molar-refractivity contribution in [1.29, 1.82) is 0 Å². The summed E-state index contributed by atoms with van der Waals surface area (Å²) in [7, 11) is 0. The molecule has 2 heterocycles. The van der Waals surface area contributed by atoms with Crippen molar-refractivity contribution < 1.29 is 18.3 Å². The summed E-state index contributed by atoms with van der Waals surface area (Å²) in [6.45, 7) is 2.36. The minimum atomic E-state index is -0.509. The van der Waals surface area contributed by atoms with Gasteiger partial charge in [-0.3, -0.25) is 0 Å². The molecule has 0 amide bonds. The molecule has 186 valence electrons. The molecule has 0 unspecified atom stereocenters. The Morgan fingerprint density at radius 3 is 2.73 bits per heavy atom. The number of ether oxygens (including phenoxy) is 2. The van der Waals surface area contributed by atoms with E-state index in [-0.39, 0.29) is 5.69 Å². The van der Waals surface area contributed by atoms with Crippen molar-refractivity contribution in [3.05, 3.63) is 72.6 Å². The first-order chi connectivity index (χ1) is 18.1. The fraction of sp³-hybridized carbons (Fsp3) is 0.185. The third-order valence-electron chi connectivity index (χ3n) is 5.94. The molecule has 1 aliphatic carbocycles. The highest BCUT2D eigenvalue weighted by atomic mass is 19.1. The number of rotatable bonds is 8. The minimum Gasteiger partial charge on any atom is -0.492 e. The molecule has 9 nitrogen and oxygen atoms in total. The predicted molar refractivity (Wildman–Crippen MR) is 137 cm³/mol. The van der Waals surface area contributed by atoms with Crippen LogP contribution in [-0.2, 0) is 0 Å². The van der Waals surface area contributed by atoms with Gasteiger partial charge in [0, 0.05) is 29.0 Å². The normalized spacial score (nSPS) is 13.0. The molecule has 0 saturated heterocycles. The number of nitrogens with two attached hydrogens (primary N) is 1. The van der Waals surface area contributed by atoms with Gasteiger partial charge in [-0.1, -0.05) is 6.07 Å². The van der Waals surface area contributed by atoms with Crippen LogP contribution in [0.2, 0.25) is 0 Å². The molecule has 0 atom stereocenters. The Morgan fingerprint density at radius 2 is 1.92 bits per heavy atom. The lowest BCUT2D eigenvalue weighted by atomic mass is 10.2. The molecule has 3 aromatic carbocycles. The quantitative estimate of drug-likeness (QED) is 0.240. The van der Waals surface area contributed by atoms with Crippen molar-refractivity contribution in [1.82, 2.24) is 20.2 Å². The van der Waals surface area contributed by atoms with Crippen molar-refractivity contribution in [2.75, 3.05) is 17.7 Å². The highest BCUT2D eigenvalue weighted by Crippen LogP contribution is 2.40. The molecule has 0 aliphatic heterocycles. The predicted octanol–water partition coefficient (Wildman–Crippen LogP) is 6.21. The number of hydrogen-bond donors (Lipinski definition) is 2. The number of nitrogens with zero attached hydrogens (tertiary/aromatic N) is 4. The van der Waals surface area contributed by atoms with Gasteiger partial charge in [-0.15, -0.1) is 10.2 Å². The summed E-state index contributed by atoms with van der Waals surface area (Å²) in [5.74, 6) is 2.79. The van der Waals surface area contributed by atoms with Gasteiger partial charge in [0.05, 0.1) is 23.5 Å². The van der Waals surface area contributed by atoms with E-state index in [0.717, 1.165) is 18.4 Å². The molecule has 3 N–H and O–H groups in total. The van der Waals surface area contributed by atoms with Gasteiger partial charge in [0.15, 0.2) is 0 Å². The molecule has 37 heavy (non-hydrogen) atoms. The van der Waals surface area contributed by atoms with Crippen LogP contribution in [0.25, 0.3) is 22.4 Å². The SMILES string of the molecule is CCOc1cc2ncnc(Nc3ccc(Oc4cccc(-c5nnc(C6CC6)o5)c4)cc3F)c2cc1N. The van der Waals surface area contributed by atoms with Crippen LogP contribution in [-0.4, -0.2) is 26.8 Å². The van der Waals surface area contributed by atoms with Gasteiger partial charge >= 0.3 is 0 Å². The maximum absolute atomic E-state index is 15.0. The zero-order chi connectivity index (χ0) is 25.4. The van der Waals surface area contributed by atoms with E-state index in [1.807, 2.05) is 19.1 Å². The molecular weight excluding hydrogens is 475 g/mol. The van der Waals surface area contributed by atoms with Crippen molar-refractivity contribution in [3.8, 4) is 28.7 Å². The van der Waals surface area contributed by atoms with E-state index in [9.17, 15) is 0 Å². The lowest BCUT2D eigenvalue weighted by Gasteiger charge is -2.13. The Morgan fingerprint density at radius 1 is 1.05 bits per heavy atom. The molecule has 0 spiro atoms. The molecule has 2 aromatic heterocycles. The van der Waals surface area contributed by atoms with Gasteiger partial charge in [-0.05, 0) is 56.2 Å². The molecule has 10 heteroatoms. The molecule has 1 aliphatic rings. The van der Waals surface area contributed by atoms with Crippen LogP contribution in [0.3, 0.4) is 0 Å². The molecule has 1 fully saturated rings. The van der Waals surface area contributed by atoms with Crippen molar-refractivity contribution in [3.63, 3.8) is 0 Å². The van der Waals surface area contributed by atoms with Crippen LogP contribution < -0.4 is 20.5 Å². The third-order valence-corrected chi connectivity index (χ3v) is 5.94. The second kappa shape index (κ2) is 9.38. The summed E-state index contributed by atoms with van der Waals surface area (Å²) in [6.07, 6.45) is 3.56. The van der Waals surface area contributed by atoms with Crippen molar-refractivity contribution in [2.45, 2.75) is 25.7 Å². The van der Waals surface area contributed by atoms with Crippen molar-refractivity contribution in [2.24, 2.45) is 0 Å². The highest BCUT2D eigenvalue weighted by molar-refractivity contribution is 5.94.